The van der Waals surface area contributed by atoms with Gasteiger partial charge in [-0.05, 0) is 6.08 Å². The molecular weight excluding hydrogens is 228 g/mol. The number of benzene rings is 1. The monoisotopic (exact) mass is 236 g/mol. The number of rotatable bonds is 1. The summed E-state index contributed by atoms with van der Waals surface area (Å²) in [5, 5.41) is 0. The standard InChI is InChI=1S/C11H8O4S/c1-7-6-10(16(13,14)15)8-4-2-3-5-9(8)11(7)12/h2-6H,1H2,(H,13,14,15). The van der Waals surface area contributed by atoms with Gasteiger partial charge in [-0.3, -0.25) is 9.35 Å². The molecule has 0 aromatic heterocycles. The molecule has 0 heterocycles. The molecule has 1 aromatic carbocycles. The molecule has 0 spiro atoms. The average molecular weight is 236 g/mol. The SMILES string of the molecule is C=C1C=C(S(=O)(=O)O)c2ccccc2C1=O. The molecule has 0 amide bonds. The lowest BCUT2D eigenvalue weighted by molar-refractivity contribution is 0.103. The molecule has 4 nitrogen and oxygen atoms in total. The number of hydrogen-bond donors (Lipinski definition) is 1. The third-order valence-electron chi connectivity index (χ3n) is 2.31. The van der Waals surface area contributed by atoms with Crippen LogP contribution in [0.25, 0.3) is 4.91 Å². The number of hydrogen-bond acceptors (Lipinski definition) is 3. The van der Waals surface area contributed by atoms with E-state index in [1.165, 1.54) is 12.1 Å². The molecule has 0 bridgehead atoms. The zero-order chi connectivity index (χ0) is 11.9. The van der Waals surface area contributed by atoms with Crippen LogP contribution in [0, 0.1) is 0 Å². The van der Waals surface area contributed by atoms with E-state index >= 15 is 0 Å². The maximum Gasteiger partial charge on any atom is 0.295 e. The summed E-state index contributed by atoms with van der Waals surface area (Å²) in [4.78, 5) is 11.4. The maximum absolute atomic E-state index is 11.7. The van der Waals surface area contributed by atoms with E-state index < -0.39 is 10.1 Å². The van der Waals surface area contributed by atoms with Crippen LogP contribution >= 0.6 is 0 Å². The van der Waals surface area contributed by atoms with Crippen LogP contribution in [-0.2, 0) is 10.1 Å². The molecule has 0 aliphatic heterocycles. The molecule has 16 heavy (non-hydrogen) atoms. The van der Waals surface area contributed by atoms with Crippen molar-refractivity contribution in [2.45, 2.75) is 0 Å². The topological polar surface area (TPSA) is 71.4 Å². The molecule has 0 radical (unpaired) electrons. The number of allylic oxidation sites excluding steroid dienone is 2. The summed E-state index contributed by atoms with van der Waals surface area (Å²) in [5.74, 6) is -0.331. The van der Waals surface area contributed by atoms with E-state index in [4.69, 9.17) is 4.55 Å². The minimum Gasteiger partial charge on any atom is -0.289 e. The smallest absolute Gasteiger partial charge is 0.289 e. The summed E-state index contributed by atoms with van der Waals surface area (Å²) in [7, 11) is -4.35. The van der Waals surface area contributed by atoms with E-state index in [1.54, 1.807) is 12.1 Å². The minimum atomic E-state index is -4.35. The van der Waals surface area contributed by atoms with Gasteiger partial charge in [0.2, 0.25) is 0 Å². The molecule has 82 valence electrons. The molecule has 1 N–H and O–H groups in total. The Hall–Kier alpha value is -1.72. The number of ketones is 1. The van der Waals surface area contributed by atoms with Crippen molar-refractivity contribution in [1.29, 1.82) is 0 Å². The summed E-state index contributed by atoms with van der Waals surface area (Å²) in [6, 6.07) is 6.19. The van der Waals surface area contributed by atoms with Gasteiger partial charge in [0.1, 0.15) is 4.91 Å². The summed E-state index contributed by atoms with van der Waals surface area (Å²) >= 11 is 0. The second-order valence-electron chi connectivity index (χ2n) is 3.38. The molecule has 2 rings (SSSR count). The van der Waals surface area contributed by atoms with Crippen molar-refractivity contribution in [1.82, 2.24) is 0 Å². The number of fused-ring (bicyclic) bond motifs is 1. The fraction of sp³-hybridized carbons (Fsp3) is 0. The van der Waals surface area contributed by atoms with Gasteiger partial charge >= 0.3 is 0 Å². The lowest BCUT2D eigenvalue weighted by atomic mass is 9.93. The molecule has 0 unspecified atom stereocenters. The Morgan fingerprint density at radius 2 is 1.69 bits per heavy atom. The van der Waals surface area contributed by atoms with Gasteiger partial charge in [-0.25, -0.2) is 0 Å². The lowest BCUT2D eigenvalue weighted by Crippen LogP contribution is -2.14. The van der Waals surface area contributed by atoms with Crippen molar-refractivity contribution >= 4 is 20.8 Å². The van der Waals surface area contributed by atoms with Crippen molar-refractivity contribution in [3.05, 3.63) is 53.6 Å². The summed E-state index contributed by atoms with van der Waals surface area (Å²) < 4.78 is 31.3. The highest BCUT2D eigenvalue weighted by atomic mass is 32.2. The molecular formula is C11H8O4S. The largest absolute Gasteiger partial charge is 0.295 e. The van der Waals surface area contributed by atoms with Crippen LogP contribution in [0.5, 0.6) is 0 Å². The fourth-order valence-corrected chi connectivity index (χ4v) is 2.33. The second-order valence-corrected chi connectivity index (χ2v) is 4.77. The molecule has 1 aromatic rings. The van der Waals surface area contributed by atoms with E-state index in [1.807, 2.05) is 0 Å². The zero-order valence-electron chi connectivity index (χ0n) is 8.17. The van der Waals surface area contributed by atoms with Gasteiger partial charge < -0.3 is 0 Å². The van der Waals surface area contributed by atoms with Crippen molar-refractivity contribution in [3.8, 4) is 0 Å². The number of carbonyl (C=O) groups excluding carboxylic acids is 1. The zero-order valence-corrected chi connectivity index (χ0v) is 8.99. The van der Waals surface area contributed by atoms with E-state index in [2.05, 4.69) is 6.58 Å². The first-order chi connectivity index (χ1) is 7.41. The predicted molar refractivity (Wildman–Crippen MR) is 59.4 cm³/mol. The van der Waals surface area contributed by atoms with Crippen LogP contribution in [0.3, 0.4) is 0 Å². The molecule has 1 aliphatic rings. The first kappa shape index (κ1) is 10.8. The first-order valence-corrected chi connectivity index (χ1v) is 5.87. The highest BCUT2D eigenvalue weighted by molar-refractivity contribution is 7.95. The summed E-state index contributed by atoms with van der Waals surface area (Å²) in [6.45, 7) is 3.46. The Balaban J connectivity index is 2.80. The Labute approximate surface area is 92.7 Å². The van der Waals surface area contributed by atoms with Crippen LogP contribution in [-0.4, -0.2) is 18.8 Å². The highest BCUT2D eigenvalue weighted by Crippen LogP contribution is 2.31. The van der Waals surface area contributed by atoms with Crippen molar-refractivity contribution in [2.24, 2.45) is 0 Å². The van der Waals surface area contributed by atoms with Crippen LogP contribution in [0.2, 0.25) is 0 Å². The van der Waals surface area contributed by atoms with Gasteiger partial charge in [0.15, 0.2) is 5.78 Å². The Bertz CT molecular complexity index is 623. The van der Waals surface area contributed by atoms with Crippen molar-refractivity contribution in [3.63, 3.8) is 0 Å². The quantitative estimate of drug-likeness (QED) is 0.594. The maximum atomic E-state index is 11.7. The normalized spacial score (nSPS) is 15.7. The Morgan fingerprint density at radius 3 is 2.25 bits per heavy atom. The van der Waals surface area contributed by atoms with Crippen molar-refractivity contribution in [2.75, 3.05) is 0 Å². The summed E-state index contributed by atoms with van der Waals surface area (Å²) in [5.41, 5.74) is 0.497. The van der Waals surface area contributed by atoms with Gasteiger partial charge in [-0.1, -0.05) is 30.8 Å². The van der Waals surface area contributed by atoms with E-state index in [9.17, 15) is 13.2 Å². The third-order valence-corrected chi connectivity index (χ3v) is 3.21. The van der Waals surface area contributed by atoms with Gasteiger partial charge in [0.25, 0.3) is 10.1 Å². The van der Waals surface area contributed by atoms with Crippen LogP contribution in [0.1, 0.15) is 15.9 Å². The first-order valence-electron chi connectivity index (χ1n) is 4.43. The molecule has 0 saturated heterocycles. The highest BCUT2D eigenvalue weighted by Gasteiger charge is 2.27. The predicted octanol–water partition coefficient (Wildman–Crippen LogP) is 1.67. The average Bonchev–Trinajstić information content (AvgIpc) is 2.22. The molecule has 5 heteroatoms. The second kappa shape index (κ2) is 3.40. The van der Waals surface area contributed by atoms with Crippen molar-refractivity contribution < 1.29 is 17.8 Å². The lowest BCUT2D eigenvalue weighted by Gasteiger charge is -2.15. The minimum absolute atomic E-state index is 0.0475. The Kier molecular flexibility index (Phi) is 2.29. The molecule has 0 atom stereocenters. The summed E-state index contributed by atoms with van der Waals surface area (Å²) in [6.07, 6.45) is 1.08. The third kappa shape index (κ3) is 1.60. The van der Waals surface area contributed by atoms with E-state index in [-0.39, 0.29) is 27.4 Å². The van der Waals surface area contributed by atoms with Crippen LogP contribution < -0.4 is 0 Å². The van der Waals surface area contributed by atoms with Gasteiger partial charge in [0, 0.05) is 16.7 Å². The van der Waals surface area contributed by atoms with Gasteiger partial charge in [0.05, 0.1) is 0 Å². The van der Waals surface area contributed by atoms with E-state index in [0.717, 1.165) is 6.08 Å². The molecule has 0 saturated carbocycles. The van der Waals surface area contributed by atoms with Crippen LogP contribution in [0.4, 0.5) is 0 Å². The van der Waals surface area contributed by atoms with E-state index in [0.29, 0.717) is 0 Å². The van der Waals surface area contributed by atoms with Crippen LogP contribution in [0.15, 0.2) is 42.5 Å². The molecule has 1 aliphatic carbocycles. The fourth-order valence-electron chi connectivity index (χ4n) is 1.58. The number of carbonyl (C=O) groups is 1. The molecule has 0 fully saturated rings. The number of Topliss-reactive ketones (excluding diaryl/α,β-unsaturated/α-hetero) is 1. The van der Waals surface area contributed by atoms with Gasteiger partial charge in [-0.2, -0.15) is 8.42 Å². The van der Waals surface area contributed by atoms with Gasteiger partial charge in [-0.15, -0.1) is 0 Å². The Morgan fingerprint density at radius 1 is 1.12 bits per heavy atom.